The van der Waals surface area contributed by atoms with Crippen LogP contribution < -0.4 is 0 Å². The Morgan fingerprint density at radius 1 is 1.67 bits per heavy atom. The lowest BCUT2D eigenvalue weighted by Gasteiger charge is -1.98. The third kappa shape index (κ3) is 5.66. The molecule has 2 nitrogen and oxygen atoms in total. The molecular formula is C5H6Cl2O2. The predicted octanol–water partition coefficient (Wildman–Crippen LogP) is 1.87. The number of alkyl halides is 2. The van der Waals surface area contributed by atoms with Gasteiger partial charge in [0.1, 0.15) is 0 Å². The van der Waals surface area contributed by atoms with Crippen molar-refractivity contribution in [3.05, 3.63) is 12.2 Å². The van der Waals surface area contributed by atoms with Gasteiger partial charge < -0.3 is 4.74 Å². The summed E-state index contributed by atoms with van der Waals surface area (Å²) in [6.07, 6.45) is 2.77. The molecule has 0 saturated heterocycles. The van der Waals surface area contributed by atoms with Gasteiger partial charge in [-0.1, -0.05) is 29.3 Å². The van der Waals surface area contributed by atoms with Crippen LogP contribution in [0.1, 0.15) is 6.92 Å². The maximum atomic E-state index is 10.4. The van der Waals surface area contributed by atoms with Crippen LogP contribution in [0, 0.1) is 0 Å². The molecule has 0 amide bonds. The number of allylic oxidation sites excluding steroid dienone is 1. The third-order valence-electron chi connectivity index (χ3n) is 0.508. The lowest BCUT2D eigenvalue weighted by atomic mass is 10.5. The maximum absolute atomic E-state index is 10.4. The maximum Gasteiger partial charge on any atom is 0.332 e. The van der Waals surface area contributed by atoms with Crippen LogP contribution in [0.2, 0.25) is 0 Å². The van der Waals surface area contributed by atoms with Crippen molar-refractivity contribution in [1.29, 1.82) is 0 Å². The van der Waals surface area contributed by atoms with E-state index in [1.54, 1.807) is 13.0 Å². The Bertz CT molecular complexity index is 120. The van der Waals surface area contributed by atoms with Gasteiger partial charge in [0.25, 0.3) is 5.02 Å². The molecule has 0 aliphatic carbocycles. The second kappa shape index (κ2) is 4.65. The number of halogens is 2. The molecule has 0 aliphatic heterocycles. The van der Waals surface area contributed by atoms with E-state index in [0.717, 1.165) is 0 Å². The molecular weight excluding hydrogens is 163 g/mol. The largest absolute Gasteiger partial charge is 0.428 e. The topological polar surface area (TPSA) is 26.3 Å². The van der Waals surface area contributed by atoms with Gasteiger partial charge in [-0.05, 0) is 6.92 Å². The monoisotopic (exact) mass is 168 g/mol. The van der Waals surface area contributed by atoms with Crippen molar-refractivity contribution in [2.24, 2.45) is 0 Å². The minimum absolute atomic E-state index is 0.535. The minimum Gasteiger partial charge on any atom is -0.428 e. The molecule has 0 aromatic rings. The van der Waals surface area contributed by atoms with Gasteiger partial charge in [-0.2, -0.15) is 0 Å². The highest BCUT2D eigenvalue weighted by Crippen LogP contribution is 2.03. The summed E-state index contributed by atoms with van der Waals surface area (Å²) in [5.41, 5.74) is 0. The molecule has 0 saturated carbocycles. The molecule has 9 heavy (non-hydrogen) atoms. The van der Waals surface area contributed by atoms with Crippen LogP contribution in [0.15, 0.2) is 12.2 Å². The van der Waals surface area contributed by atoms with Crippen LogP contribution in [-0.2, 0) is 9.53 Å². The van der Waals surface area contributed by atoms with Crippen LogP contribution in [-0.4, -0.2) is 11.0 Å². The molecule has 0 aliphatic rings. The van der Waals surface area contributed by atoms with E-state index in [1.165, 1.54) is 6.08 Å². The number of rotatable bonds is 2. The first kappa shape index (κ1) is 8.79. The molecule has 0 N–H and O–H groups in total. The Morgan fingerprint density at radius 3 is 2.56 bits per heavy atom. The smallest absolute Gasteiger partial charge is 0.332 e. The van der Waals surface area contributed by atoms with E-state index >= 15 is 0 Å². The summed E-state index contributed by atoms with van der Waals surface area (Å²) < 4.78 is 4.30. The molecule has 0 spiro atoms. The van der Waals surface area contributed by atoms with Crippen molar-refractivity contribution in [3.8, 4) is 0 Å². The second-order valence-corrected chi connectivity index (χ2v) is 2.21. The summed E-state index contributed by atoms with van der Waals surface area (Å²) in [4.78, 5) is 10.4. The molecule has 0 atom stereocenters. The lowest BCUT2D eigenvalue weighted by Crippen LogP contribution is -2.03. The summed E-state index contributed by atoms with van der Waals surface area (Å²) in [6, 6.07) is 0. The summed E-state index contributed by atoms with van der Waals surface area (Å²) in [5.74, 6) is -0.535. The van der Waals surface area contributed by atoms with E-state index < -0.39 is 11.0 Å². The number of hydrogen-bond acceptors (Lipinski definition) is 2. The molecule has 0 radical (unpaired) electrons. The number of hydrogen-bond donors (Lipinski definition) is 0. The van der Waals surface area contributed by atoms with Crippen molar-refractivity contribution in [2.75, 3.05) is 0 Å². The number of carbonyl (C=O) groups is 1. The Labute approximate surface area is 63.4 Å². The molecule has 0 unspecified atom stereocenters. The Balaban J connectivity index is 3.51. The summed E-state index contributed by atoms with van der Waals surface area (Å²) >= 11 is 10.2. The summed E-state index contributed by atoms with van der Waals surface area (Å²) in [5, 5.41) is -1.08. The first-order valence-electron chi connectivity index (χ1n) is 2.28. The van der Waals surface area contributed by atoms with Crippen LogP contribution in [0.3, 0.4) is 0 Å². The normalized spacial score (nSPS) is 10.7. The number of carbonyl (C=O) groups excluding carboxylic acids is 1. The van der Waals surface area contributed by atoms with Crippen molar-refractivity contribution in [2.45, 2.75) is 11.9 Å². The van der Waals surface area contributed by atoms with Crippen molar-refractivity contribution in [3.63, 3.8) is 0 Å². The molecule has 52 valence electrons. The molecule has 0 fully saturated rings. The Kier molecular flexibility index (Phi) is 4.54. The summed E-state index contributed by atoms with van der Waals surface area (Å²) in [7, 11) is 0. The predicted molar refractivity (Wildman–Crippen MR) is 36.4 cm³/mol. The van der Waals surface area contributed by atoms with Crippen LogP contribution in [0.25, 0.3) is 0 Å². The zero-order valence-electron chi connectivity index (χ0n) is 4.80. The highest BCUT2D eigenvalue weighted by molar-refractivity contribution is 6.43. The quantitative estimate of drug-likeness (QED) is 0.358. The van der Waals surface area contributed by atoms with Gasteiger partial charge in [0.15, 0.2) is 0 Å². The van der Waals surface area contributed by atoms with Gasteiger partial charge in [-0.25, -0.2) is 4.79 Å². The first-order chi connectivity index (χ1) is 4.16. The molecule has 0 aromatic carbocycles. The van der Waals surface area contributed by atoms with Gasteiger partial charge >= 0.3 is 5.97 Å². The summed E-state index contributed by atoms with van der Waals surface area (Å²) in [6.45, 7) is 1.69. The van der Waals surface area contributed by atoms with Gasteiger partial charge in [0.2, 0.25) is 0 Å². The fraction of sp³-hybridized carbons (Fsp3) is 0.400. The molecule has 4 heteroatoms. The van der Waals surface area contributed by atoms with Gasteiger partial charge in [0, 0.05) is 6.08 Å². The van der Waals surface area contributed by atoms with E-state index in [4.69, 9.17) is 23.2 Å². The Morgan fingerprint density at radius 2 is 2.22 bits per heavy atom. The van der Waals surface area contributed by atoms with Crippen molar-refractivity contribution in [1.82, 2.24) is 0 Å². The van der Waals surface area contributed by atoms with E-state index in [1.807, 2.05) is 0 Å². The Hall–Kier alpha value is -0.210. The fourth-order valence-corrected chi connectivity index (χ4v) is 0.439. The second-order valence-electron chi connectivity index (χ2n) is 1.20. The van der Waals surface area contributed by atoms with Crippen LogP contribution in [0.5, 0.6) is 0 Å². The fourth-order valence-electron chi connectivity index (χ4n) is 0.263. The standard InChI is InChI=1S/C5H6Cl2O2/c1-2-3-4(8)9-5(6)7/h2-3,5H,1H3. The third-order valence-corrected chi connectivity index (χ3v) is 0.686. The number of esters is 1. The van der Waals surface area contributed by atoms with Gasteiger partial charge in [-0.3, -0.25) is 0 Å². The zero-order valence-corrected chi connectivity index (χ0v) is 6.32. The van der Waals surface area contributed by atoms with E-state index in [-0.39, 0.29) is 0 Å². The molecule has 0 heterocycles. The van der Waals surface area contributed by atoms with Gasteiger partial charge in [0.05, 0.1) is 0 Å². The number of ether oxygens (including phenoxy) is 1. The highest BCUT2D eigenvalue weighted by Gasteiger charge is 2.01. The zero-order chi connectivity index (χ0) is 7.28. The molecule has 0 aromatic heterocycles. The highest BCUT2D eigenvalue weighted by atomic mass is 35.5. The van der Waals surface area contributed by atoms with E-state index in [2.05, 4.69) is 4.74 Å². The minimum atomic E-state index is -1.08. The van der Waals surface area contributed by atoms with Crippen LogP contribution >= 0.6 is 23.2 Å². The van der Waals surface area contributed by atoms with E-state index in [0.29, 0.717) is 0 Å². The van der Waals surface area contributed by atoms with Crippen LogP contribution in [0.4, 0.5) is 0 Å². The lowest BCUT2D eigenvalue weighted by molar-refractivity contribution is -0.137. The SMILES string of the molecule is CC=CC(=O)OC(Cl)Cl. The average Bonchev–Trinajstić information content (AvgIpc) is 1.63. The van der Waals surface area contributed by atoms with Crippen molar-refractivity contribution >= 4 is 29.2 Å². The molecule has 0 rings (SSSR count). The first-order valence-corrected chi connectivity index (χ1v) is 3.15. The van der Waals surface area contributed by atoms with Gasteiger partial charge in [-0.15, -0.1) is 0 Å². The van der Waals surface area contributed by atoms with Crippen molar-refractivity contribution < 1.29 is 9.53 Å². The average molecular weight is 169 g/mol. The molecule has 0 bridgehead atoms. The van der Waals surface area contributed by atoms with E-state index in [9.17, 15) is 4.79 Å².